The molecule has 1 aromatic rings. The van der Waals surface area contributed by atoms with Crippen LogP contribution in [0.25, 0.3) is 0 Å². The Labute approximate surface area is 135 Å². The largest absolute Gasteiger partial charge is 0.550 e. The van der Waals surface area contributed by atoms with Crippen LogP contribution in [0.1, 0.15) is 32.6 Å². The SMILES string of the molecule is CC(=O)Nc1ccc(S(=O)(=O)NC2CCC(C(=O)[O-])CC2)cc1. The number of sulfonamides is 1. The van der Waals surface area contributed by atoms with Crippen molar-refractivity contribution in [2.75, 3.05) is 5.32 Å². The lowest BCUT2D eigenvalue weighted by Gasteiger charge is -2.29. The van der Waals surface area contributed by atoms with Gasteiger partial charge in [0.25, 0.3) is 0 Å². The van der Waals surface area contributed by atoms with Gasteiger partial charge in [0.1, 0.15) is 0 Å². The maximum absolute atomic E-state index is 12.3. The van der Waals surface area contributed by atoms with Crippen LogP contribution >= 0.6 is 0 Å². The van der Waals surface area contributed by atoms with Gasteiger partial charge in [0.15, 0.2) is 0 Å². The molecular weight excluding hydrogens is 320 g/mol. The number of anilines is 1. The fourth-order valence-corrected chi connectivity index (χ4v) is 3.96. The van der Waals surface area contributed by atoms with Crippen LogP contribution < -0.4 is 15.1 Å². The molecule has 0 radical (unpaired) electrons. The number of amides is 1. The zero-order valence-corrected chi connectivity index (χ0v) is 13.6. The fourth-order valence-electron chi connectivity index (χ4n) is 2.66. The molecule has 2 N–H and O–H groups in total. The van der Waals surface area contributed by atoms with Crippen molar-refractivity contribution in [2.24, 2.45) is 5.92 Å². The number of carboxylic acid groups (broad SMARTS) is 1. The van der Waals surface area contributed by atoms with Gasteiger partial charge in [-0.25, -0.2) is 13.1 Å². The summed E-state index contributed by atoms with van der Waals surface area (Å²) in [7, 11) is -3.67. The van der Waals surface area contributed by atoms with Gasteiger partial charge in [-0.05, 0) is 55.9 Å². The summed E-state index contributed by atoms with van der Waals surface area (Å²) in [6.45, 7) is 1.37. The number of rotatable bonds is 5. The third-order valence-electron chi connectivity index (χ3n) is 3.87. The number of nitrogens with one attached hydrogen (secondary N) is 2. The number of benzene rings is 1. The molecule has 126 valence electrons. The number of carboxylic acids is 1. The summed E-state index contributed by atoms with van der Waals surface area (Å²) in [5, 5.41) is 13.4. The molecule has 0 bridgehead atoms. The predicted molar refractivity (Wildman–Crippen MR) is 81.8 cm³/mol. The van der Waals surface area contributed by atoms with E-state index >= 15 is 0 Å². The highest BCUT2D eigenvalue weighted by atomic mass is 32.2. The van der Waals surface area contributed by atoms with Crippen LogP contribution in [-0.4, -0.2) is 26.3 Å². The Morgan fingerprint density at radius 1 is 1.09 bits per heavy atom. The number of carbonyl (C=O) groups excluding carboxylic acids is 2. The van der Waals surface area contributed by atoms with Gasteiger partial charge >= 0.3 is 0 Å². The smallest absolute Gasteiger partial charge is 0.240 e. The lowest BCUT2D eigenvalue weighted by molar-refractivity contribution is -0.312. The minimum atomic E-state index is -3.67. The number of aliphatic carboxylic acids is 1. The third kappa shape index (κ3) is 4.77. The Morgan fingerprint density at radius 3 is 2.13 bits per heavy atom. The topological polar surface area (TPSA) is 115 Å². The summed E-state index contributed by atoms with van der Waals surface area (Å²) in [6.07, 6.45) is 1.78. The summed E-state index contributed by atoms with van der Waals surface area (Å²) in [4.78, 5) is 21.8. The average Bonchev–Trinajstić information content (AvgIpc) is 2.47. The van der Waals surface area contributed by atoms with E-state index in [0.29, 0.717) is 31.4 Å². The van der Waals surface area contributed by atoms with Gasteiger partial charge in [0.2, 0.25) is 15.9 Å². The van der Waals surface area contributed by atoms with Crippen molar-refractivity contribution in [1.82, 2.24) is 4.72 Å². The highest BCUT2D eigenvalue weighted by Crippen LogP contribution is 2.25. The lowest BCUT2D eigenvalue weighted by atomic mass is 9.87. The van der Waals surface area contributed by atoms with Gasteiger partial charge in [0, 0.05) is 24.6 Å². The Hall–Kier alpha value is -1.93. The van der Waals surface area contributed by atoms with E-state index in [1.165, 1.54) is 31.2 Å². The van der Waals surface area contributed by atoms with Gasteiger partial charge in [-0.1, -0.05) is 0 Å². The van der Waals surface area contributed by atoms with Crippen molar-refractivity contribution in [1.29, 1.82) is 0 Å². The number of carbonyl (C=O) groups is 2. The average molecular weight is 339 g/mol. The van der Waals surface area contributed by atoms with E-state index in [4.69, 9.17) is 0 Å². The van der Waals surface area contributed by atoms with Crippen molar-refractivity contribution >= 4 is 27.6 Å². The highest BCUT2D eigenvalue weighted by Gasteiger charge is 2.26. The maximum atomic E-state index is 12.3. The molecule has 1 aromatic carbocycles. The standard InChI is InChI=1S/C15H20N2O5S/c1-10(18)16-12-6-8-14(9-7-12)23(21,22)17-13-4-2-11(3-5-13)15(19)20/h6-9,11,13,17H,2-5H2,1H3,(H,16,18)(H,19,20)/p-1. The molecule has 8 heteroatoms. The lowest BCUT2D eigenvalue weighted by Crippen LogP contribution is -2.41. The molecule has 1 saturated carbocycles. The predicted octanol–water partition coefficient (Wildman–Crippen LogP) is 0.232. The molecule has 0 unspecified atom stereocenters. The fraction of sp³-hybridized carbons (Fsp3) is 0.467. The van der Waals surface area contributed by atoms with Crippen LogP contribution in [0.5, 0.6) is 0 Å². The van der Waals surface area contributed by atoms with Gasteiger partial charge in [-0.15, -0.1) is 0 Å². The molecule has 0 aliphatic heterocycles. The first-order valence-corrected chi connectivity index (χ1v) is 8.87. The van der Waals surface area contributed by atoms with Crippen molar-refractivity contribution < 1.29 is 23.1 Å². The van der Waals surface area contributed by atoms with Crippen molar-refractivity contribution in [3.8, 4) is 0 Å². The van der Waals surface area contributed by atoms with E-state index in [1.54, 1.807) is 0 Å². The molecule has 1 aliphatic carbocycles. The van der Waals surface area contributed by atoms with Gasteiger partial charge in [0.05, 0.1) is 4.90 Å². The van der Waals surface area contributed by atoms with Crippen LogP contribution in [0.2, 0.25) is 0 Å². The van der Waals surface area contributed by atoms with E-state index in [9.17, 15) is 23.1 Å². The zero-order chi connectivity index (χ0) is 17.0. The second-order valence-corrected chi connectivity index (χ2v) is 7.41. The van der Waals surface area contributed by atoms with Crippen molar-refractivity contribution in [2.45, 2.75) is 43.5 Å². The first-order chi connectivity index (χ1) is 10.8. The van der Waals surface area contributed by atoms with Crippen LogP contribution in [0.15, 0.2) is 29.2 Å². The van der Waals surface area contributed by atoms with Crippen molar-refractivity contribution in [3.63, 3.8) is 0 Å². The molecule has 2 rings (SSSR count). The second kappa shape index (κ2) is 7.10. The molecule has 0 aromatic heterocycles. The number of hydrogen-bond donors (Lipinski definition) is 2. The Bertz CT molecular complexity index is 676. The molecule has 0 spiro atoms. The van der Waals surface area contributed by atoms with E-state index < -0.39 is 21.9 Å². The summed E-state index contributed by atoms with van der Waals surface area (Å²) in [5.41, 5.74) is 0.519. The first-order valence-electron chi connectivity index (χ1n) is 7.39. The minimum absolute atomic E-state index is 0.105. The van der Waals surface area contributed by atoms with Gasteiger partial charge in [-0.3, -0.25) is 4.79 Å². The first kappa shape index (κ1) is 17.4. The maximum Gasteiger partial charge on any atom is 0.240 e. The van der Waals surface area contributed by atoms with Crippen LogP contribution in [0.3, 0.4) is 0 Å². The third-order valence-corrected chi connectivity index (χ3v) is 5.40. The second-order valence-electron chi connectivity index (χ2n) is 5.69. The van der Waals surface area contributed by atoms with Crippen LogP contribution in [0, 0.1) is 5.92 Å². The molecule has 1 amide bonds. The Balaban J connectivity index is 1.99. The molecular formula is C15H19N2O5S-. The minimum Gasteiger partial charge on any atom is -0.550 e. The van der Waals surface area contributed by atoms with Crippen molar-refractivity contribution in [3.05, 3.63) is 24.3 Å². The van der Waals surface area contributed by atoms with Crippen LogP contribution in [0.4, 0.5) is 5.69 Å². The molecule has 1 aliphatic rings. The Morgan fingerprint density at radius 2 is 1.65 bits per heavy atom. The summed E-state index contributed by atoms with van der Waals surface area (Å²) in [5.74, 6) is -1.80. The van der Waals surface area contributed by atoms with E-state index in [1.807, 2.05) is 0 Å². The number of hydrogen-bond acceptors (Lipinski definition) is 5. The van der Waals surface area contributed by atoms with E-state index in [-0.39, 0.29) is 16.8 Å². The normalized spacial score (nSPS) is 21.6. The van der Waals surface area contributed by atoms with Crippen LogP contribution in [-0.2, 0) is 19.6 Å². The summed E-state index contributed by atoms with van der Waals surface area (Å²) >= 11 is 0. The monoisotopic (exact) mass is 339 g/mol. The molecule has 0 heterocycles. The quantitative estimate of drug-likeness (QED) is 0.797. The summed E-state index contributed by atoms with van der Waals surface area (Å²) in [6, 6.07) is 5.60. The van der Waals surface area contributed by atoms with E-state index in [0.717, 1.165) is 0 Å². The highest BCUT2D eigenvalue weighted by molar-refractivity contribution is 7.89. The Kier molecular flexibility index (Phi) is 5.38. The summed E-state index contributed by atoms with van der Waals surface area (Å²) < 4.78 is 27.2. The molecule has 23 heavy (non-hydrogen) atoms. The van der Waals surface area contributed by atoms with Gasteiger partial charge < -0.3 is 15.2 Å². The molecule has 0 atom stereocenters. The molecule has 7 nitrogen and oxygen atoms in total. The van der Waals surface area contributed by atoms with Gasteiger partial charge in [-0.2, -0.15) is 0 Å². The molecule has 1 fully saturated rings. The van der Waals surface area contributed by atoms with E-state index in [2.05, 4.69) is 10.0 Å². The molecule has 0 saturated heterocycles. The zero-order valence-electron chi connectivity index (χ0n) is 12.7.